The lowest BCUT2D eigenvalue weighted by Gasteiger charge is -2.10. The highest BCUT2D eigenvalue weighted by molar-refractivity contribution is 9.11. The number of hydrogen-bond donors (Lipinski definition) is 2. The molecule has 0 aliphatic carbocycles. The molecule has 0 heterocycles. The number of anilines is 1. The van der Waals surface area contributed by atoms with Crippen LogP contribution in [0, 0.1) is 17.0 Å². The van der Waals surface area contributed by atoms with E-state index in [-0.39, 0.29) is 24.4 Å². The average molecular weight is 572 g/mol. The molecule has 0 aliphatic heterocycles. The monoisotopic (exact) mass is 570 g/mol. The highest BCUT2D eigenvalue weighted by Crippen LogP contribution is 2.31. The molecule has 32 heavy (non-hydrogen) atoms. The molecule has 0 fully saturated rings. The largest absolute Gasteiger partial charge is 0.496 e. The van der Waals surface area contributed by atoms with Crippen LogP contribution in [0.25, 0.3) is 0 Å². The van der Waals surface area contributed by atoms with E-state index >= 15 is 0 Å². The van der Waals surface area contributed by atoms with Crippen LogP contribution in [0.5, 0.6) is 11.5 Å². The van der Waals surface area contributed by atoms with E-state index in [4.69, 9.17) is 9.47 Å². The minimum Gasteiger partial charge on any atom is -0.496 e. The lowest BCUT2D eigenvalue weighted by molar-refractivity contribution is -0.384. The van der Waals surface area contributed by atoms with Gasteiger partial charge in [0.2, 0.25) is 5.91 Å². The molecule has 0 aromatic heterocycles. The molecule has 0 bridgehead atoms. The van der Waals surface area contributed by atoms with Crippen LogP contribution in [0.4, 0.5) is 11.4 Å². The van der Waals surface area contributed by atoms with Crippen LogP contribution >= 0.6 is 31.9 Å². The summed E-state index contributed by atoms with van der Waals surface area (Å²) < 4.78 is 12.0. The Morgan fingerprint density at radius 1 is 1.16 bits per heavy atom. The summed E-state index contributed by atoms with van der Waals surface area (Å²) in [4.78, 5) is 34.8. The van der Waals surface area contributed by atoms with Crippen LogP contribution in [0.3, 0.4) is 0 Å². The number of hydrazone groups is 1. The fraction of sp³-hybridized carbons (Fsp3) is 0.250. The summed E-state index contributed by atoms with van der Waals surface area (Å²) in [5, 5.41) is 17.5. The molecule has 2 amide bonds. The number of aryl methyl sites for hydroxylation is 1. The van der Waals surface area contributed by atoms with Crippen molar-refractivity contribution >= 4 is 60.8 Å². The second-order valence-corrected chi connectivity index (χ2v) is 8.28. The van der Waals surface area contributed by atoms with E-state index in [1.54, 1.807) is 6.07 Å². The van der Waals surface area contributed by atoms with Crippen molar-refractivity contribution in [3.05, 3.63) is 55.0 Å². The fourth-order valence-electron chi connectivity index (χ4n) is 2.44. The number of hydrogen-bond acceptors (Lipinski definition) is 7. The average Bonchev–Trinajstić information content (AvgIpc) is 2.73. The van der Waals surface area contributed by atoms with Gasteiger partial charge in [-0.1, -0.05) is 15.9 Å². The highest BCUT2D eigenvalue weighted by atomic mass is 79.9. The van der Waals surface area contributed by atoms with Crippen molar-refractivity contribution in [1.82, 2.24) is 5.43 Å². The predicted octanol–water partition coefficient (Wildman–Crippen LogP) is 4.34. The Labute approximate surface area is 200 Å². The number of benzene rings is 2. The first-order valence-corrected chi connectivity index (χ1v) is 10.7. The van der Waals surface area contributed by atoms with Crippen molar-refractivity contribution in [3.63, 3.8) is 0 Å². The first-order chi connectivity index (χ1) is 15.1. The molecule has 10 nitrogen and oxygen atoms in total. The van der Waals surface area contributed by atoms with Crippen LogP contribution in [-0.4, -0.2) is 36.2 Å². The molecule has 2 rings (SSSR count). The molecule has 0 atom stereocenters. The van der Waals surface area contributed by atoms with Gasteiger partial charge >= 0.3 is 0 Å². The Bertz CT molecular complexity index is 1070. The molecular weight excluding hydrogens is 552 g/mol. The van der Waals surface area contributed by atoms with Gasteiger partial charge in [0, 0.05) is 10.2 Å². The van der Waals surface area contributed by atoms with Gasteiger partial charge in [-0.3, -0.25) is 19.7 Å². The highest BCUT2D eigenvalue weighted by Gasteiger charge is 2.17. The van der Waals surface area contributed by atoms with Crippen LogP contribution < -0.4 is 20.2 Å². The molecule has 0 aliphatic rings. The van der Waals surface area contributed by atoms with Gasteiger partial charge < -0.3 is 14.8 Å². The minimum atomic E-state index is -0.620. The second kappa shape index (κ2) is 11.6. The summed E-state index contributed by atoms with van der Waals surface area (Å²) in [7, 11) is 1.38. The van der Waals surface area contributed by atoms with Crippen LogP contribution in [-0.2, 0) is 9.59 Å². The Morgan fingerprint density at radius 3 is 2.53 bits per heavy atom. The van der Waals surface area contributed by atoms with Gasteiger partial charge in [0.15, 0.2) is 6.61 Å². The SMILES string of the molecule is COc1ccc(NC(=O)C/C(C)=N\NC(=O)COc2cc(C)c(Br)cc2Br)c([N+](=O)[O-])c1. The van der Waals surface area contributed by atoms with E-state index in [1.807, 2.05) is 13.0 Å². The number of rotatable bonds is 9. The number of halogens is 2. The van der Waals surface area contributed by atoms with Crippen molar-refractivity contribution < 1.29 is 24.0 Å². The van der Waals surface area contributed by atoms with Gasteiger partial charge in [0.05, 0.1) is 29.0 Å². The van der Waals surface area contributed by atoms with Gasteiger partial charge in [0.25, 0.3) is 11.6 Å². The Balaban J connectivity index is 1.90. The van der Waals surface area contributed by atoms with Crippen LogP contribution in [0.1, 0.15) is 18.9 Å². The van der Waals surface area contributed by atoms with Crippen molar-refractivity contribution in [3.8, 4) is 11.5 Å². The Hall–Kier alpha value is -2.99. The maximum absolute atomic E-state index is 12.2. The molecule has 2 aromatic carbocycles. The van der Waals surface area contributed by atoms with Crippen LogP contribution in [0.2, 0.25) is 0 Å². The topological polar surface area (TPSA) is 132 Å². The quantitative estimate of drug-likeness (QED) is 0.261. The van der Waals surface area contributed by atoms with Crippen molar-refractivity contribution in [2.45, 2.75) is 20.3 Å². The van der Waals surface area contributed by atoms with Gasteiger partial charge in [-0.25, -0.2) is 5.43 Å². The number of carbonyl (C=O) groups excluding carboxylic acids is 2. The normalized spacial score (nSPS) is 11.0. The second-order valence-electron chi connectivity index (χ2n) is 6.57. The van der Waals surface area contributed by atoms with Crippen molar-refractivity contribution in [2.75, 3.05) is 19.0 Å². The van der Waals surface area contributed by atoms with Crippen molar-refractivity contribution in [2.24, 2.45) is 5.10 Å². The Kier molecular flexibility index (Phi) is 9.14. The van der Waals surface area contributed by atoms with Gasteiger partial charge in [-0.05, 0) is 59.6 Å². The predicted molar refractivity (Wildman–Crippen MR) is 126 cm³/mol. The molecule has 0 spiro atoms. The lowest BCUT2D eigenvalue weighted by Crippen LogP contribution is -2.26. The zero-order valence-electron chi connectivity index (χ0n) is 17.4. The van der Waals surface area contributed by atoms with E-state index in [9.17, 15) is 19.7 Å². The third-order valence-electron chi connectivity index (χ3n) is 4.04. The number of nitrogens with one attached hydrogen (secondary N) is 2. The maximum Gasteiger partial charge on any atom is 0.296 e. The van der Waals surface area contributed by atoms with Crippen molar-refractivity contribution in [1.29, 1.82) is 0 Å². The van der Waals surface area contributed by atoms with Gasteiger partial charge in [-0.15, -0.1) is 0 Å². The number of nitro benzene ring substituents is 1. The number of nitrogens with zero attached hydrogens (tertiary/aromatic N) is 2. The smallest absolute Gasteiger partial charge is 0.296 e. The summed E-state index contributed by atoms with van der Waals surface area (Å²) in [6.07, 6.45) is -0.179. The zero-order chi connectivity index (χ0) is 23.8. The summed E-state index contributed by atoms with van der Waals surface area (Å²) >= 11 is 6.77. The van der Waals surface area contributed by atoms with E-state index in [0.29, 0.717) is 21.7 Å². The first kappa shape index (κ1) is 25.3. The number of carbonyl (C=O) groups is 2. The van der Waals surface area contributed by atoms with E-state index in [2.05, 4.69) is 47.7 Å². The third kappa shape index (κ3) is 7.31. The number of amides is 2. The molecule has 170 valence electrons. The lowest BCUT2D eigenvalue weighted by atomic mass is 10.2. The van der Waals surface area contributed by atoms with E-state index in [1.165, 1.54) is 32.2 Å². The number of nitro groups is 1. The molecule has 0 unspecified atom stereocenters. The summed E-state index contributed by atoms with van der Waals surface area (Å²) in [5.41, 5.74) is 3.28. The third-order valence-corrected chi connectivity index (χ3v) is 5.51. The molecule has 0 radical (unpaired) electrons. The molecule has 2 N–H and O–H groups in total. The minimum absolute atomic E-state index is 0.0291. The maximum atomic E-state index is 12.2. The van der Waals surface area contributed by atoms with Gasteiger partial charge in [-0.2, -0.15) is 5.10 Å². The summed E-state index contributed by atoms with van der Waals surface area (Å²) in [5.74, 6) is -0.243. The Morgan fingerprint density at radius 2 is 1.88 bits per heavy atom. The summed E-state index contributed by atoms with van der Waals surface area (Å²) in [6.45, 7) is 3.15. The molecule has 0 saturated heterocycles. The van der Waals surface area contributed by atoms with Gasteiger partial charge in [0.1, 0.15) is 17.2 Å². The molecule has 2 aromatic rings. The fourth-order valence-corrected chi connectivity index (χ4v) is 3.54. The molecular formula is C20H20Br2N4O6. The van der Waals surface area contributed by atoms with Crippen LogP contribution in [0.15, 0.2) is 44.4 Å². The van der Waals surface area contributed by atoms with E-state index in [0.717, 1.165) is 10.0 Å². The molecule has 0 saturated carbocycles. The first-order valence-electron chi connectivity index (χ1n) is 9.13. The number of methoxy groups -OCH3 is 1. The number of ether oxygens (including phenoxy) is 2. The van der Waals surface area contributed by atoms with E-state index < -0.39 is 16.7 Å². The summed E-state index contributed by atoms with van der Waals surface area (Å²) in [6, 6.07) is 7.68. The zero-order valence-corrected chi connectivity index (χ0v) is 20.6. The standard InChI is InChI=1S/C20H20Br2N4O6/c1-11-6-18(15(22)9-14(11)21)32-10-20(28)25-24-12(2)7-19(27)23-16-5-4-13(31-3)8-17(16)26(29)30/h4-6,8-9H,7,10H2,1-3H3,(H,23,27)(H,25,28)/b24-12-. The molecule has 12 heteroatoms.